The number of aryl methyl sites for hydroxylation is 1. The van der Waals surface area contributed by atoms with E-state index in [-0.39, 0.29) is 15.0 Å². The van der Waals surface area contributed by atoms with Crippen molar-refractivity contribution in [3.63, 3.8) is 0 Å². The summed E-state index contributed by atoms with van der Waals surface area (Å²) in [5, 5.41) is 5.94. The number of carbonyl (C=O) groups excluding carboxylic acids is 1. The average Bonchev–Trinajstić information content (AvgIpc) is 2.72. The van der Waals surface area contributed by atoms with Crippen molar-refractivity contribution in [2.45, 2.75) is 6.92 Å². The summed E-state index contributed by atoms with van der Waals surface area (Å²) < 4.78 is 30.3. The topological polar surface area (TPSA) is 54.9 Å². The van der Waals surface area contributed by atoms with Gasteiger partial charge in [-0.1, -0.05) is 4.49 Å². The smallest absolute Gasteiger partial charge is 0.269 e. The number of anilines is 1. The van der Waals surface area contributed by atoms with E-state index in [0.29, 0.717) is 5.69 Å². The Hall–Kier alpha value is -1.41. The number of hydrogen-bond donors (Lipinski definition) is 1. The maximum atomic E-state index is 13.5. The molecule has 2 rings (SSSR count). The van der Waals surface area contributed by atoms with E-state index in [2.05, 4.69) is 30.8 Å². The van der Waals surface area contributed by atoms with E-state index in [9.17, 15) is 13.6 Å². The van der Waals surface area contributed by atoms with Gasteiger partial charge in [0.1, 0.15) is 16.5 Å². The van der Waals surface area contributed by atoms with Gasteiger partial charge in [0.2, 0.25) is 0 Å². The SMILES string of the molecule is Cc1nnsc1C(=O)Nc1cc(F)c(Br)cc1F. The van der Waals surface area contributed by atoms with Gasteiger partial charge in [-0.15, -0.1) is 5.10 Å². The largest absolute Gasteiger partial charge is 0.319 e. The first kappa shape index (κ1) is 13.0. The fourth-order valence-corrected chi connectivity index (χ4v) is 2.10. The van der Waals surface area contributed by atoms with Crippen molar-refractivity contribution in [3.05, 3.63) is 38.8 Å². The van der Waals surface area contributed by atoms with E-state index >= 15 is 0 Å². The molecule has 0 saturated carbocycles. The van der Waals surface area contributed by atoms with Crippen molar-refractivity contribution in [1.82, 2.24) is 9.59 Å². The highest BCUT2D eigenvalue weighted by atomic mass is 79.9. The number of aromatic nitrogens is 2. The Morgan fingerprint density at radius 1 is 1.39 bits per heavy atom. The minimum atomic E-state index is -0.730. The maximum absolute atomic E-state index is 13.5. The van der Waals surface area contributed by atoms with Crippen LogP contribution in [-0.4, -0.2) is 15.5 Å². The summed E-state index contributed by atoms with van der Waals surface area (Å²) in [4.78, 5) is 12.0. The number of amides is 1. The van der Waals surface area contributed by atoms with Gasteiger partial charge in [0.25, 0.3) is 5.91 Å². The molecule has 1 aromatic heterocycles. The van der Waals surface area contributed by atoms with E-state index in [0.717, 1.165) is 23.7 Å². The molecule has 0 atom stereocenters. The predicted octanol–water partition coefficient (Wildman–Crippen LogP) is 3.14. The molecule has 1 amide bonds. The molecule has 0 aliphatic rings. The summed E-state index contributed by atoms with van der Waals surface area (Å²) in [6.07, 6.45) is 0. The lowest BCUT2D eigenvalue weighted by Gasteiger charge is -2.06. The highest BCUT2D eigenvalue weighted by Gasteiger charge is 2.16. The van der Waals surface area contributed by atoms with Crippen LogP contribution in [0.3, 0.4) is 0 Å². The van der Waals surface area contributed by atoms with Crippen molar-refractivity contribution in [1.29, 1.82) is 0 Å². The average molecular weight is 334 g/mol. The molecular formula is C10H6BrF2N3OS. The van der Waals surface area contributed by atoms with E-state index in [1.54, 1.807) is 6.92 Å². The van der Waals surface area contributed by atoms with Crippen LogP contribution in [0.4, 0.5) is 14.5 Å². The zero-order valence-electron chi connectivity index (χ0n) is 9.00. The van der Waals surface area contributed by atoms with Crippen molar-refractivity contribution in [2.24, 2.45) is 0 Å². The van der Waals surface area contributed by atoms with Crippen LogP contribution in [0.25, 0.3) is 0 Å². The van der Waals surface area contributed by atoms with Crippen LogP contribution in [-0.2, 0) is 0 Å². The number of nitrogens with one attached hydrogen (secondary N) is 1. The molecule has 0 aliphatic carbocycles. The van der Waals surface area contributed by atoms with Crippen molar-refractivity contribution >= 4 is 39.1 Å². The molecule has 0 radical (unpaired) electrons. The van der Waals surface area contributed by atoms with Crippen LogP contribution in [0.1, 0.15) is 15.4 Å². The van der Waals surface area contributed by atoms with Crippen LogP contribution in [0.15, 0.2) is 16.6 Å². The Bertz CT molecular complexity index is 617. The van der Waals surface area contributed by atoms with Gasteiger partial charge in [-0.2, -0.15) is 0 Å². The first-order valence-electron chi connectivity index (χ1n) is 4.74. The molecule has 94 valence electrons. The molecule has 0 bridgehead atoms. The Balaban J connectivity index is 2.28. The zero-order valence-corrected chi connectivity index (χ0v) is 11.4. The molecule has 4 nitrogen and oxygen atoms in total. The third-order valence-corrected chi connectivity index (χ3v) is 3.55. The third-order valence-electron chi connectivity index (χ3n) is 2.12. The fourth-order valence-electron chi connectivity index (χ4n) is 1.24. The van der Waals surface area contributed by atoms with E-state index in [4.69, 9.17) is 0 Å². The molecule has 0 fully saturated rings. The summed E-state index contributed by atoms with van der Waals surface area (Å²) in [7, 11) is 0. The molecule has 2 aromatic rings. The second kappa shape index (κ2) is 5.07. The highest BCUT2D eigenvalue weighted by molar-refractivity contribution is 9.10. The number of nitrogens with zero attached hydrogens (tertiary/aromatic N) is 2. The predicted molar refractivity (Wildman–Crippen MR) is 66.7 cm³/mol. The molecule has 18 heavy (non-hydrogen) atoms. The van der Waals surface area contributed by atoms with Crippen LogP contribution in [0.5, 0.6) is 0 Å². The minimum Gasteiger partial charge on any atom is -0.319 e. The third kappa shape index (κ3) is 2.54. The van der Waals surface area contributed by atoms with Crippen LogP contribution in [0, 0.1) is 18.6 Å². The van der Waals surface area contributed by atoms with Gasteiger partial charge >= 0.3 is 0 Å². The number of benzene rings is 1. The molecule has 0 aliphatic heterocycles. The normalized spacial score (nSPS) is 10.4. The zero-order chi connectivity index (χ0) is 13.3. The quantitative estimate of drug-likeness (QED) is 0.859. The van der Waals surface area contributed by atoms with Crippen molar-refractivity contribution < 1.29 is 13.6 Å². The summed E-state index contributed by atoms with van der Waals surface area (Å²) >= 11 is 3.74. The summed E-state index contributed by atoms with van der Waals surface area (Å²) in [5.74, 6) is -1.96. The molecule has 0 saturated heterocycles. The van der Waals surface area contributed by atoms with Crippen LogP contribution >= 0.6 is 27.5 Å². The standard InChI is InChI=1S/C10H6BrF2N3OS/c1-4-9(18-16-15-4)10(17)14-8-3-6(12)5(11)2-7(8)13/h2-3H,1H3,(H,14,17). The Morgan fingerprint density at radius 2 is 2.11 bits per heavy atom. The Labute approximate surface area is 113 Å². The first-order chi connectivity index (χ1) is 8.49. The first-order valence-corrected chi connectivity index (χ1v) is 6.30. The van der Waals surface area contributed by atoms with Crippen LogP contribution in [0.2, 0.25) is 0 Å². The summed E-state index contributed by atoms with van der Waals surface area (Å²) in [6, 6.07) is 1.85. The lowest BCUT2D eigenvalue weighted by molar-refractivity contribution is 0.102. The molecule has 8 heteroatoms. The van der Waals surface area contributed by atoms with E-state index < -0.39 is 17.5 Å². The van der Waals surface area contributed by atoms with Gasteiger partial charge in [-0.05, 0) is 40.5 Å². The maximum Gasteiger partial charge on any atom is 0.269 e. The van der Waals surface area contributed by atoms with Crippen molar-refractivity contribution in [3.8, 4) is 0 Å². The number of rotatable bonds is 2. The Morgan fingerprint density at radius 3 is 2.72 bits per heavy atom. The lowest BCUT2D eigenvalue weighted by atomic mass is 10.3. The van der Waals surface area contributed by atoms with Gasteiger partial charge in [0.15, 0.2) is 0 Å². The molecule has 1 aromatic carbocycles. The van der Waals surface area contributed by atoms with Gasteiger partial charge in [-0.25, -0.2) is 8.78 Å². The van der Waals surface area contributed by atoms with Crippen LogP contribution < -0.4 is 5.32 Å². The molecule has 1 heterocycles. The van der Waals surface area contributed by atoms with Gasteiger partial charge in [0.05, 0.1) is 15.9 Å². The Kier molecular flexibility index (Phi) is 3.67. The second-order valence-corrected chi connectivity index (χ2v) is 5.00. The van der Waals surface area contributed by atoms with Crippen molar-refractivity contribution in [2.75, 3.05) is 5.32 Å². The molecule has 1 N–H and O–H groups in total. The molecular weight excluding hydrogens is 328 g/mol. The van der Waals surface area contributed by atoms with Gasteiger partial charge in [0, 0.05) is 6.07 Å². The second-order valence-electron chi connectivity index (χ2n) is 3.39. The number of hydrogen-bond acceptors (Lipinski definition) is 4. The number of halogens is 3. The summed E-state index contributed by atoms with van der Waals surface area (Å²) in [6.45, 7) is 1.61. The van der Waals surface area contributed by atoms with E-state index in [1.165, 1.54) is 0 Å². The molecule has 0 unspecified atom stereocenters. The fraction of sp³-hybridized carbons (Fsp3) is 0.100. The number of carbonyl (C=O) groups is 1. The van der Waals surface area contributed by atoms with Gasteiger partial charge < -0.3 is 5.32 Å². The minimum absolute atomic E-state index is 0.00589. The molecule has 0 spiro atoms. The lowest BCUT2D eigenvalue weighted by Crippen LogP contribution is -2.13. The highest BCUT2D eigenvalue weighted by Crippen LogP contribution is 2.24. The van der Waals surface area contributed by atoms with E-state index in [1.807, 2.05) is 0 Å². The summed E-state index contributed by atoms with van der Waals surface area (Å²) in [5.41, 5.74) is 0.212. The monoisotopic (exact) mass is 333 g/mol. The van der Waals surface area contributed by atoms with Gasteiger partial charge in [-0.3, -0.25) is 4.79 Å².